The maximum Gasteiger partial charge on any atom is 0.262 e. The highest BCUT2D eigenvalue weighted by Gasteiger charge is 2.36. The number of nitrogens with one attached hydrogen (secondary N) is 1. The fourth-order valence-electron chi connectivity index (χ4n) is 2.27. The fraction of sp³-hybridized carbons (Fsp3) is 0.200. The molecule has 7 heteroatoms. The minimum atomic E-state index is -0.451. The van der Waals surface area contributed by atoms with Gasteiger partial charge in [0.2, 0.25) is 5.91 Å². The Bertz CT molecular complexity index is 731. The van der Waals surface area contributed by atoms with Gasteiger partial charge in [-0.15, -0.1) is 0 Å². The van der Waals surface area contributed by atoms with Crippen LogP contribution >= 0.6 is 0 Å². The van der Waals surface area contributed by atoms with Crippen molar-refractivity contribution in [3.63, 3.8) is 0 Å². The van der Waals surface area contributed by atoms with Gasteiger partial charge < -0.3 is 9.84 Å². The average Bonchev–Trinajstić information content (AvgIpc) is 3.03. The van der Waals surface area contributed by atoms with Gasteiger partial charge in [0, 0.05) is 6.07 Å². The molecule has 1 N–H and O–H groups in total. The van der Waals surface area contributed by atoms with Crippen molar-refractivity contribution in [3.8, 4) is 0 Å². The first kappa shape index (κ1) is 14.0. The van der Waals surface area contributed by atoms with Crippen LogP contribution in [0, 0.1) is 6.92 Å². The molecule has 2 aromatic rings. The molecule has 112 valence electrons. The van der Waals surface area contributed by atoms with Gasteiger partial charge in [0.05, 0.1) is 17.7 Å². The number of hydrogen-bond donors (Lipinski definition) is 1. The van der Waals surface area contributed by atoms with E-state index in [2.05, 4.69) is 10.5 Å². The molecule has 7 nitrogen and oxygen atoms in total. The number of carbonyl (C=O) groups is 3. The number of amides is 3. The van der Waals surface area contributed by atoms with E-state index in [1.165, 1.54) is 0 Å². The van der Waals surface area contributed by atoms with Crippen LogP contribution in [-0.2, 0) is 11.3 Å². The Hall–Kier alpha value is -2.96. The molecular weight excluding hydrogens is 286 g/mol. The van der Waals surface area contributed by atoms with Crippen LogP contribution in [0.4, 0.5) is 0 Å². The molecule has 2 heterocycles. The highest BCUT2D eigenvalue weighted by molar-refractivity contribution is 6.22. The van der Waals surface area contributed by atoms with E-state index in [1.807, 2.05) is 0 Å². The van der Waals surface area contributed by atoms with Gasteiger partial charge in [0.25, 0.3) is 11.8 Å². The first-order valence-electron chi connectivity index (χ1n) is 6.70. The van der Waals surface area contributed by atoms with Crippen molar-refractivity contribution >= 4 is 17.7 Å². The van der Waals surface area contributed by atoms with Crippen molar-refractivity contribution in [1.29, 1.82) is 0 Å². The second-order valence-corrected chi connectivity index (χ2v) is 4.95. The molecule has 0 aliphatic carbocycles. The summed E-state index contributed by atoms with van der Waals surface area (Å²) in [5, 5.41) is 6.34. The largest absolute Gasteiger partial charge is 0.361 e. The van der Waals surface area contributed by atoms with E-state index in [0.717, 1.165) is 4.90 Å². The summed E-state index contributed by atoms with van der Waals surface area (Å²) < 4.78 is 4.89. The molecule has 3 rings (SSSR count). The van der Waals surface area contributed by atoms with Crippen molar-refractivity contribution in [2.24, 2.45) is 0 Å². The SMILES string of the molecule is Cc1cc(CNC(=O)CN2C(=O)c3ccccc3C2=O)no1. The van der Waals surface area contributed by atoms with Crippen molar-refractivity contribution in [3.05, 3.63) is 52.9 Å². The molecule has 1 aromatic carbocycles. The summed E-state index contributed by atoms with van der Waals surface area (Å²) in [6.07, 6.45) is 0. The Morgan fingerprint density at radius 2 is 1.86 bits per heavy atom. The molecule has 0 unspecified atom stereocenters. The summed E-state index contributed by atoms with van der Waals surface area (Å²) in [6.45, 7) is 1.61. The maximum absolute atomic E-state index is 12.1. The molecule has 0 bridgehead atoms. The molecular formula is C15H13N3O4. The summed E-state index contributed by atoms with van der Waals surface area (Å²) in [5.74, 6) is -0.694. The molecule has 0 saturated heterocycles. The first-order chi connectivity index (χ1) is 10.6. The highest BCUT2D eigenvalue weighted by Crippen LogP contribution is 2.21. The maximum atomic E-state index is 12.1. The zero-order valence-corrected chi connectivity index (χ0v) is 11.8. The number of nitrogens with zero attached hydrogens (tertiary/aromatic N) is 2. The number of aromatic nitrogens is 1. The lowest BCUT2D eigenvalue weighted by molar-refractivity contribution is -0.121. The van der Waals surface area contributed by atoms with Crippen LogP contribution in [0.2, 0.25) is 0 Å². The Balaban J connectivity index is 1.63. The predicted octanol–water partition coefficient (Wildman–Crippen LogP) is 0.895. The molecule has 1 aliphatic rings. The van der Waals surface area contributed by atoms with Crippen molar-refractivity contribution in [2.75, 3.05) is 6.54 Å². The molecule has 1 aromatic heterocycles. The predicted molar refractivity (Wildman–Crippen MR) is 74.9 cm³/mol. The average molecular weight is 299 g/mol. The zero-order valence-electron chi connectivity index (χ0n) is 11.8. The van der Waals surface area contributed by atoms with Crippen molar-refractivity contribution < 1.29 is 18.9 Å². The van der Waals surface area contributed by atoms with E-state index in [-0.39, 0.29) is 13.1 Å². The molecule has 22 heavy (non-hydrogen) atoms. The molecule has 0 spiro atoms. The van der Waals surface area contributed by atoms with Crippen LogP contribution in [0.3, 0.4) is 0 Å². The quantitative estimate of drug-likeness (QED) is 0.847. The molecule has 0 fully saturated rings. The van der Waals surface area contributed by atoms with E-state index in [0.29, 0.717) is 22.6 Å². The van der Waals surface area contributed by atoms with Gasteiger partial charge in [-0.25, -0.2) is 0 Å². The van der Waals surface area contributed by atoms with Crippen LogP contribution in [0.25, 0.3) is 0 Å². The second kappa shape index (κ2) is 5.44. The van der Waals surface area contributed by atoms with Crippen LogP contribution in [0.15, 0.2) is 34.9 Å². The lowest BCUT2D eigenvalue weighted by atomic mass is 10.1. The zero-order chi connectivity index (χ0) is 15.7. The molecule has 0 atom stereocenters. The third kappa shape index (κ3) is 2.48. The van der Waals surface area contributed by atoms with Crippen molar-refractivity contribution in [2.45, 2.75) is 13.5 Å². The Morgan fingerprint density at radius 1 is 1.23 bits per heavy atom. The first-order valence-corrected chi connectivity index (χ1v) is 6.70. The smallest absolute Gasteiger partial charge is 0.262 e. The van der Waals surface area contributed by atoms with Gasteiger partial charge in [-0.3, -0.25) is 19.3 Å². The van der Waals surface area contributed by atoms with E-state index < -0.39 is 17.7 Å². The van der Waals surface area contributed by atoms with Gasteiger partial charge in [-0.05, 0) is 19.1 Å². The number of imide groups is 1. The normalized spacial score (nSPS) is 13.4. The summed E-state index contributed by atoms with van der Waals surface area (Å²) in [7, 11) is 0. The Labute approximate surface area is 125 Å². The summed E-state index contributed by atoms with van der Waals surface area (Å²) >= 11 is 0. The minimum Gasteiger partial charge on any atom is -0.361 e. The third-order valence-electron chi connectivity index (χ3n) is 3.32. The topological polar surface area (TPSA) is 92.5 Å². The van der Waals surface area contributed by atoms with E-state index >= 15 is 0 Å². The van der Waals surface area contributed by atoms with Gasteiger partial charge in [0.15, 0.2) is 0 Å². The van der Waals surface area contributed by atoms with Gasteiger partial charge in [0.1, 0.15) is 18.0 Å². The molecule has 0 saturated carbocycles. The summed E-state index contributed by atoms with van der Waals surface area (Å²) in [4.78, 5) is 37.1. The number of carbonyl (C=O) groups excluding carboxylic acids is 3. The number of hydrogen-bond acceptors (Lipinski definition) is 5. The van der Waals surface area contributed by atoms with E-state index in [9.17, 15) is 14.4 Å². The van der Waals surface area contributed by atoms with Crippen LogP contribution in [0.5, 0.6) is 0 Å². The minimum absolute atomic E-state index is 0.180. The van der Waals surface area contributed by atoms with Crippen LogP contribution in [-0.4, -0.2) is 34.3 Å². The molecule has 0 radical (unpaired) electrons. The van der Waals surface area contributed by atoms with Crippen LogP contribution in [0.1, 0.15) is 32.2 Å². The Morgan fingerprint density at radius 3 is 2.41 bits per heavy atom. The summed E-state index contributed by atoms with van der Waals surface area (Å²) in [5.41, 5.74) is 1.23. The van der Waals surface area contributed by atoms with E-state index in [1.54, 1.807) is 37.3 Å². The monoisotopic (exact) mass is 299 g/mol. The Kier molecular flexibility index (Phi) is 3.46. The third-order valence-corrected chi connectivity index (χ3v) is 3.32. The van der Waals surface area contributed by atoms with E-state index in [4.69, 9.17) is 4.52 Å². The second-order valence-electron chi connectivity index (χ2n) is 4.95. The highest BCUT2D eigenvalue weighted by atomic mass is 16.5. The van der Waals surface area contributed by atoms with Gasteiger partial charge >= 0.3 is 0 Å². The van der Waals surface area contributed by atoms with Gasteiger partial charge in [-0.1, -0.05) is 17.3 Å². The number of benzene rings is 1. The van der Waals surface area contributed by atoms with Gasteiger partial charge in [-0.2, -0.15) is 0 Å². The lowest BCUT2D eigenvalue weighted by Crippen LogP contribution is -2.40. The molecule has 1 aliphatic heterocycles. The van der Waals surface area contributed by atoms with Crippen molar-refractivity contribution in [1.82, 2.24) is 15.4 Å². The standard InChI is InChI=1S/C15H13N3O4/c1-9-6-10(17-22-9)7-16-13(19)8-18-14(20)11-4-2-3-5-12(11)15(18)21/h2-6H,7-8H2,1H3,(H,16,19). The molecule has 3 amide bonds. The number of rotatable bonds is 4. The fourth-order valence-corrected chi connectivity index (χ4v) is 2.27. The van der Waals surface area contributed by atoms with Crippen LogP contribution < -0.4 is 5.32 Å². The number of fused-ring (bicyclic) bond motifs is 1. The lowest BCUT2D eigenvalue weighted by Gasteiger charge is -2.13. The summed E-state index contributed by atoms with van der Waals surface area (Å²) in [6, 6.07) is 8.21. The number of aryl methyl sites for hydroxylation is 1.